The van der Waals surface area contributed by atoms with Crippen LogP contribution in [0.1, 0.15) is 23.6 Å². The summed E-state index contributed by atoms with van der Waals surface area (Å²) in [6.07, 6.45) is 1.96. The van der Waals surface area contributed by atoms with Gasteiger partial charge in [0.25, 0.3) is 0 Å². The third kappa shape index (κ3) is 5.12. The van der Waals surface area contributed by atoms with Gasteiger partial charge < -0.3 is 15.2 Å². The number of guanidine groups is 1. The van der Waals surface area contributed by atoms with E-state index in [0.717, 1.165) is 43.6 Å². The zero-order chi connectivity index (χ0) is 17.8. The van der Waals surface area contributed by atoms with Gasteiger partial charge in [-0.15, -0.1) is 34.2 Å². The van der Waals surface area contributed by atoms with Crippen LogP contribution in [-0.2, 0) is 19.5 Å². The highest BCUT2D eigenvalue weighted by Crippen LogP contribution is 2.19. The van der Waals surface area contributed by atoms with E-state index in [1.807, 2.05) is 6.92 Å². The number of nitrogens with one attached hydrogen (secondary N) is 2. The highest BCUT2D eigenvalue weighted by Gasteiger charge is 2.21. The van der Waals surface area contributed by atoms with Crippen molar-refractivity contribution in [3.63, 3.8) is 0 Å². The molecule has 0 amide bonds. The van der Waals surface area contributed by atoms with E-state index < -0.39 is 11.6 Å². The van der Waals surface area contributed by atoms with Crippen LogP contribution in [0, 0.1) is 24.5 Å². The first kappa shape index (κ1) is 20.5. The van der Waals surface area contributed by atoms with Crippen LogP contribution in [0.15, 0.2) is 23.2 Å². The number of hydrogen-bond acceptors (Lipinski definition) is 3. The number of halogens is 3. The molecule has 26 heavy (non-hydrogen) atoms. The minimum atomic E-state index is -0.581. The summed E-state index contributed by atoms with van der Waals surface area (Å²) < 4.78 is 28.6. The lowest BCUT2D eigenvalue weighted by Crippen LogP contribution is -2.41. The molecule has 0 radical (unpaired) electrons. The summed E-state index contributed by atoms with van der Waals surface area (Å²) >= 11 is 0. The Bertz CT molecular complexity index is 756. The quantitative estimate of drug-likeness (QED) is 0.404. The fraction of sp³-hybridized carbons (Fsp3) is 0.471. The lowest BCUT2D eigenvalue weighted by molar-refractivity contribution is 0.358. The number of aliphatic imine (C=N–C) groups is 1. The van der Waals surface area contributed by atoms with Gasteiger partial charge >= 0.3 is 0 Å². The van der Waals surface area contributed by atoms with Gasteiger partial charge in [-0.05, 0) is 37.0 Å². The Kier molecular flexibility index (Phi) is 7.30. The SMILES string of the molecule is CN=C(NCc1cc(F)cc(F)c1)NCC1CCc2nnc(C)n2C1.I. The molecule has 2 aromatic rings. The van der Waals surface area contributed by atoms with Gasteiger partial charge in [-0.25, -0.2) is 8.78 Å². The number of rotatable bonds is 4. The Labute approximate surface area is 168 Å². The number of aryl methyl sites for hydroxylation is 2. The summed E-state index contributed by atoms with van der Waals surface area (Å²) in [5.41, 5.74) is 0.530. The first-order chi connectivity index (χ1) is 12.0. The molecule has 1 atom stereocenters. The standard InChI is InChI=1S/C17H22F2N6.HI/c1-11-23-24-16-4-3-12(10-25(11)16)8-21-17(20-2)22-9-13-5-14(18)7-15(19)6-13;/h5-7,12H,3-4,8-10H2,1-2H3,(H2,20,21,22);1H. The molecule has 3 rings (SSSR count). The molecule has 0 saturated heterocycles. The van der Waals surface area contributed by atoms with Crippen LogP contribution in [0.25, 0.3) is 0 Å². The minimum absolute atomic E-state index is 0. The summed E-state index contributed by atoms with van der Waals surface area (Å²) in [5.74, 6) is 1.88. The van der Waals surface area contributed by atoms with Crippen LogP contribution in [0.2, 0.25) is 0 Å². The van der Waals surface area contributed by atoms with Gasteiger partial charge in [0.15, 0.2) is 5.96 Å². The second-order valence-electron chi connectivity index (χ2n) is 6.26. The number of fused-ring (bicyclic) bond motifs is 1. The number of nitrogens with zero attached hydrogens (tertiary/aromatic N) is 4. The average Bonchev–Trinajstić information content (AvgIpc) is 2.95. The molecule has 142 valence electrons. The third-order valence-corrected chi connectivity index (χ3v) is 4.39. The van der Waals surface area contributed by atoms with Crippen LogP contribution in [0.5, 0.6) is 0 Å². The van der Waals surface area contributed by atoms with Crippen LogP contribution >= 0.6 is 24.0 Å². The van der Waals surface area contributed by atoms with Crippen LogP contribution in [0.3, 0.4) is 0 Å². The molecule has 6 nitrogen and oxygen atoms in total. The molecular weight excluding hydrogens is 453 g/mol. The van der Waals surface area contributed by atoms with E-state index in [2.05, 4.69) is 30.4 Å². The maximum absolute atomic E-state index is 13.2. The van der Waals surface area contributed by atoms with Crippen LogP contribution in [-0.4, -0.2) is 34.3 Å². The maximum Gasteiger partial charge on any atom is 0.191 e. The molecule has 1 aliphatic heterocycles. The monoisotopic (exact) mass is 476 g/mol. The molecule has 0 saturated carbocycles. The van der Waals surface area contributed by atoms with Gasteiger partial charge in [0.1, 0.15) is 23.3 Å². The molecule has 2 heterocycles. The van der Waals surface area contributed by atoms with E-state index in [0.29, 0.717) is 24.0 Å². The van der Waals surface area contributed by atoms with Crippen molar-refractivity contribution in [2.24, 2.45) is 10.9 Å². The average molecular weight is 476 g/mol. The Morgan fingerprint density at radius 3 is 2.65 bits per heavy atom. The van der Waals surface area contributed by atoms with Crippen LogP contribution < -0.4 is 10.6 Å². The molecule has 1 unspecified atom stereocenters. The topological polar surface area (TPSA) is 67.1 Å². The van der Waals surface area contributed by atoms with Crippen molar-refractivity contribution in [1.82, 2.24) is 25.4 Å². The lowest BCUT2D eigenvalue weighted by Gasteiger charge is -2.25. The number of aromatic nitrogens is 3. The Balaban J connectivity index is 0.00000243. The Morgan fingerprint density at radius 1 is 1.23 bits per heavy atom. The fourth-order valence-electron chi connectivity index (χ4n) is 3.06. The van der Waals surface area contributed by atoms with Crippen molar-refractivity contribution >= 4 is 29.9 Å². The second kappa shape index (κ2) is 9.24. The van der Waals surface area contributed by atoms with Gasteiger partial charge in [-0.2, -0.15) is 0 Å². The summed E-state index contributed by atoms with van der Waals surface area (Å²) in [7, 11) is 1.67. The van der Waals surface area contributed by atoms with Crippen LogP contribution in [0.4, 0.5) is 8.78 Å². The van der Waals surface area contributed by atoms with Gasteiger partial charge in [0, 0.05) is 39.2 Å². The van der Waals surface area contributed by atoms with E-state index in [4.69, 9.17) is 0 Å². The zero-order valence-corrected chi connectivity index (χ0v) is 17.1. The highest BCUT2D eigenvalue weighted by atomic mass is 127. The van der Waals surface area contributed by atoms with E-state index in [9.17, 15) is 8.78 Å². The molecule has 1 aliphatic rings. The first-order valence-electron chi connectivity index (χ1n) is 8.33. The van der Waals surface area contributed by atoms with Gasteiger partial charge in [-0.1, -0.05) is 0 Å². The van der Waals surface area contributed by atoms with Gasteiger partial charge in [0.2, 0.25) is 0 Å². The summed E-state index contributed by atoms with van der Waals surface area (Å²) in [4.78, 5) is 4.16. The highest BCUT2D eigenvalue weighted by molar-refractivity contribution is 14.0. The fourth-order valence-corrected chi connectivity index (χ4v) is 3.06. The van der Waals surface area contributed by atoms with Gasteiger partial charge in [-0.3, -0.25) is 4.99 Å². The van der Waals surface area contributed by atoms with Crippen molar-refractivity contribution in [1.29, 1.82) is 0 Å². The third-order valence-electron chi connectivity index (χ3n) is 4.39. The molecule has 0 bridgehead atoms. The molecule has 0 aliphatic carbocycles. The van der Waals surface area contributed by atoms with Crippen molar-refractivity contribution in [2.45, 2.75) is 32.9 Å². The predicted molar refractivity (Wildman–Crippen MR) is 107 cm³/mol. The van der Waals surface area contributed by atoms with Crippen molar-refractivity contribution < 1.29 is 8.78 Å². The van der Waals surface area contributed by atoms with E-state index in [1.165, 1.54) is 12.1 Å². The lowest BCUT2D eigenvalue weighted by atomic mass is 9.99. The van der Waals surface area contributed by atoms with Gasteiger partial charge in [0.05, 0.1) is 0 Å². The van der Waals surface area contributed by atoms with E-state index >= 15 is 0 Å². The van der Waals surface area contributed by atoms with E-state index in [1.54, 1.807) is 7.05 Å². The van der Waals surface area contributed by atoms with E-state index in [-0.39, 0.29) is 24.0 Å². The predicted octanol–water partition coefficient (Wildman–Crippen LogP) is 2.41. The van der Waals surface area contributed by atoms with Crippen molar-refractivity contribution in [2.75, 3.05) is 13.6 Å². The largest absolute Gasteiger partial charge is 0.356 e. The summed E-state index contributed by atoms with van der Waals surface area (Å²) in [6.45, 7) is 3.90. The summed E-state index contributed by atoms with van der Waals surface area (Å²) in [6, 6.07) is 3.47. The Morgan fingerprint density at radius 2 is 1.96 bits per heavy atom. The normalized spacial score (nSPS) is 16.6. The number of benzene rings is 1. The summed E-state index contributed by atoms with van der Waals surface area (Å²) in [5, 5.41) is 14.6. The molecular formula is C17H23F2IN6. The van der Waals surface area contributed by atoms with Crippen molar-refractivity contribution in [3.8, 4) is 0 Å². The Hall–Kier alpha value is -1.78. The molecule has 1 aromatic heterocycles. The number of hydrogen-bond donors (Lipinski definition) is 2. The molecule has 9 heteroatoms. The minimum Gasteiger partial charge on any atom is -0.356 e. The molecule has 2 N–H and O–H groups in total. The van der Waals surface area contributed by atoms with Crippen molar-refractivity contribution in [3.05, 3.63) is 47.0 Å². The second-order valence-corrected chi connectivity index (χ2v) is 6.26. The maximum atomic E-state index is 13.2. The smallest absolute Gasteiger partial charge is 0.191 e. The molecule has 0 spiro atoms. The molecule has 1 aromatic carbocycles. The molecule has 0 fully saturated rings. The first-order valence-corrected chi connectivity index (χ1v) is 8.33. The zero-order valence-electron chi connectivity index (χ0n) is 14.8.